The van der Waals surface area contributed by atoms with Crippen LogP contribution in [0.3, 0.4) is 0 Å². The van der Waals surface area contributed by atoms with Crippen LogP contribution in [0.2, 0.25) is 0 Å². The van der Waals surface area contributed by atoms with E-state index in [1.54, 1.807) is 13.2 Å². The summed E-state index contributed by atoms with van der Waals surface area (Å²) in [6.07, 6.45) is 0.922. The molecule has 0 radical (unpaired) electrons. The maximum Gasteiger partial charge on any atom is 0.323 e. The minimum absolute atomic E-state index is 0.261. The fourth-order valence-corrected chi connectivity index (χ4v) is 2.45. The molecular weight excluding hydrogens is 266 g/mol. The number of methoxy groups -OCH3 is 1. The van der Waals surface area contributed by atoms with Gasteiger partial charge in [-0.1, -0.05) is 12.1 Å². The highest BCUT2D eigenvalue weighted by Gasteiger charge is 2.15. The van der Waals surface area contributed by atoms with Crippen molar-refractivity contribution in [3.05, 3.63) is 48.0 Å². The standard InChI is InChI=1S/C16H17N3O2/c1-21-12-5-2-4-11(10-12)18-16(20)19-15-7-3-6-14-13(15)8-9-17-14/h2-7,10,17H,8-9H2,1H3,(H2,18,19,20). The molecule has 0 aliphatic carbocycles. The molecule has 1 aliphatic heterocycles. The van der Waals surface area contributed by atoms with E-state index in [2.05, 4.69) is 16.0 Å². The zero-order valence-corrected chi connectivity index (χ0v) is 11.8. The minimum Gasteiger partial charge on any atom is -0.497 e. The van der Waals surface area contributed by atoms with Gasteiger partial charge in [0.15, 0.2) is 0 Å². The van der Waals surface area contributed by atoms with Gasteiger partial charge < -0.3 is 20.7 Å². The average molecular weight is 283 g/mol. The van der Waals surface area contributed by atoms with Crippen molar-refractivity contribution >= 4 is 23.1 Å². The monoisotopic (exact) mass is 283 g/mol. The van der Waals surface area contributed by atoms with Gasteiger partial charge in [0.2, 0.25) is 0 Å². The van der Waals surface area contributed by atoms with Gasteiger partial charge in [-0.2, -0.15) is 0 Å². The molecule has 1 heterocycles. The molecule has 2 aromatic carbocycles. The predicted molar refractivity (Wildman–Crippen MR) is 84.3 cm³/mol. The molecule has 0 saturated carbocycles. The summed E-state index contributed by atoms with van der Waals surface area (Å²) in [5.74, 6) is 0.706. The molecule has 0 bridgehead atoms. The van der Waals surface area contributed by atoms with Crippen molar-refractivity contribution in [1.82, 2.24) is 0 Å². The summed E-state index contributed by atoms with van der Waals surface area (Å²) >= 11 is 0. The van der Waals surface area contributed by atoms with E-state index in [9.17, 15) is 4.79 Å². The van der Waals surface area contributed by atoms with Crippen LogP contribution in [0.1, 0.15) is 5.56 Å². The molecule has 2 amide bonds. The number of fused-ring (bicyclic) bond motifs is 1. The first-order valence-electron chi connectivity index (χ1n) is 6.84. The second-order valence-electron chi connectivity index (χ2n) is 4.82. The Bertz CT molecular complexity index is 670. The molecule has 3 rings (SSSR count). The van der Waals surface area contributed by atoms with Crippen LogP contribution in [0.15, 0.2) is 42.5 Å². The lowest BCUT2D eigenvalue weighted by atomic mass is 10.1. The number of carbonyl (C=O) groups excluding carboxylic acids is 1. The molecule has 0 atom stereocenters. The second kappa shape index (κ2) is 5.75. The summed E-state index contributed by atoms with van der Waals surface area (Å²) < 4.78 is 5.14. The number of carbonyl (C=O) groups is 1. The van der Waals surface area contributed by atoms with E-state index >= 15 is 0 Å². The fourth-order valence-electron chi connectivity index (χ4n) is 2.45. The Morgan fingerprint density at radius 3 is 2.90 bits per heavy atom. The van der Waals surface area contributed by atoms with Crippen molar-refractivity contribution in [3.63, 3.8) is 0 Å². The normalized spacial score (nSPS) is 12.2. The molecule has 0 unspecified atom stereocenters. The molecule has 0 fully saturated rings. The first-order chi connectivity index (χ1) is 10.3. The van der Waals surface area contributed by atoms with Crippen molar-refractivity contribution in [2.45, 2.75) is 6.42 Å². The van der Waals surface area contributed by atoms with Crippen LogP contribution in [0.25, 0.3) is 0 Å². The summed E-state index contributed by atoms with van der Waals surface area (Å²) in [5, 5.41) is 8.99. The number of rotatable bonds is 3. The van der Waals surface area contributed by atoms with E-state index in [-0.39, 0.29) is 6.03 Å². The van der Waals surface area contributed by atoms with Crippen LogP contribution < -0.4 is 20.7 Å². The Kier molecular flexibility index (Phi) is 3.64. The molecular formula is C16H17N3O2. The third-order valence-corrected chi connectivity index (χ3v) is 3.44. The first kappa shape index (κ1) is 13.3. The molecule has 0 aromatic heterocycles. The van der Waals surface area contributed by atoms with Crippen LogP contribution >= 0.6 is 0 Å². The average Bonchev–Trinajstić information content (AvgIpc) is 2.97. The summed E-state index contributed by atoms with van der Waals surface area (Å²) in [4.78, 5) is 12.1. The minimum atomic E-state index is -0.261. The Labute approximate surface area is 123 Å². The highest BCUT2D eigenvalue weighted by molar-refractivity contribution is 6.01. The maximum atomic E-state index is 12.1. The van der Waals surface area contributed by atoms with Crippen LogP contribution in [0.5, 0.6) is 5.75 Å². The third-order valence-electron chi connectivity index (χ3n) is 3.44. The largest absolute Gasteiger partial charge is 0.497 e. The van der Waals surface area contributed by atoms with E-state index in [1.807, 2.05) is 36.4 Å². The lowest BCUT2D eigenvalue weighted by Crippen LogP contribution is -2.20. The summed E-state index contributed by atoms with van der Waals surface area (Å²) in [7, 11) is 1.60. The quantitative estimate of drug-likeness (QED) is 0.810. The number of hydrogen-bond acceptors (Lipinski definition) is 3. The van der Waals surface area contributed by atoms with E-state index in [1.165, 1.54) is 0 Å². The topological polar surface area (TPSA) is 62.4 Å². The number of ether oxygens (including phenoxy) is 1. The van der Waals surface area contributed by atoms with Crippen LogP contribution in [-0.2, 0) is 6.42 Å². The fraction of sp³-hybridized carbons (Fsp3) is 0.188. The number of nitrogens with one attached hydrogen (secondary N) is 3. The van der Waals surface area contributed by atoms with Gasteiger partial charge in [0.25, 0.3) is 0 Å². The lowest BCUT2D eigenvalue weighted by Gasteiger charge is -2.11. The molecule has 5 heteroatoms. The lowest BCUT2D eigenvalue weighted by molar-refractivity contribution is 0.262. The van der Waals surface area contributed by atoms with E-state index in [0.29, 0.717) is 11.4 Å². The Morgan fingerprint density at radius 1 is 1.19 bits per heavy atom. The van der Waals surface area contributed by atoms with E-state index < -0.39 is 0 Å². The second-order valence-corrected chi connectivity index (χ2v) is 4.82. The summed E-state index contributed by atoms with van der Waals surface area (Å²) in [6.45, 7) is 0.908. The number of anilines is 3. The molecule has 0 saturated heterocycles. The van der Waals surface area contributed by atoms with Gasteiger partial charge in [0.1, 0.15) is 5.75 Å². The molecule has 108 valence electrons. The first-order valence-corrected chi connectivity index (χ1v) is 6.84. The highest BCUT2D eigenvalue weighted by atomic mass is 16.5. The van der Waals surface area contributed by atoms with Crippen LogP contribution in [-0.4, -0.2) is 19.7 Å². The molecule has 2 aromatic rings. The highest BCUT2D eigenvalue weighted by Crippen LogP contribution is 2.29. The Balaban J connectivity index is 1.71. The van der Waals surface area contributed by atoms with Crippen molar-refractivity contribution in [2.24, 2.45) is 0 Å². The molecule has 3 N–H and O–H groups in total. The van der Waals surface area contributed by atoms with Crippen LogP contribution in [0, 0.1) is 0 Å². The zero-order chi connectivity index (χ0) is 14.7. The SMILES string of the molecule is COc1cccc(NC(=O)Nc2cccc3c2CCN3)c1. The zero-order valence-electron chi connectivity index (χ0n) is 11.8. The van der Waals surface area contributed by atoms with Crippen LogP contribution in [0.4, 0.5) is 21.9 Å². The predicted octanol–water partition coefficient (Wildman–Crippen LogP) is 3.31. The van der Waals surface area contributed by atoms with Gasteiger partial charge >= 0.3 is 6.03 Å². The van der Waals surface area contributed by atoms with Gasteiger partial charge in [-0.15, -0.1) is 0 Å². The maximum absolute atomic E-state index is 12.1. The number of amides is 2. The summed E-state index contributed by atoms with van der Waals surface area (Å²) in [6, 6.07) is 12.9. The molecule has 0 spiro atoms. The van der Waals surface area contributed by atoms with Crippen molar-refractivity contribution in [3.8, 4) is 5.75 Å². The van der Waals surface area contributed by atoms with Gasteiger partial charge in [-0.25, -0.2) is 4.79 Å². The van der Waals surface area contributed by atoms with Gasteiger partial charge in [-0.05, 0) is 30.7 Å². The van der Waals surface area contributed by atoms with E-state index in [0.717, 1.165) is 29.9 Å². The molecule has 21 heavy (non-hydrogen) atoms. The van der Waals surface area contributed by atoms with Gasteiger partial charge in [-0.3, -0.25) is 0 Å². The van der Waals surface area contributed by atoms with Gasteiger partial charge in [0.05, 0.1) is 7.11 Å². The van der Waals surface area contributed by atoms with Crippen molar-refractivity contribution in [2.75, 3.05) is 29.6 Å². The number of hydrogen-bond donors (Lipinski definition) is 3. The number of urea groups is 1. The number of benzene rings is 2. The van der Waals surface area contributed by atoms with Crippen molar-refractivity contribution < 1.29 is 9.53 Å². The Morgan fingerprint density at radius 2 is 2.05 bits per heavy atom. The third kappa shape index (κ3) is 2.91. The van der Waals surface area contributed by atoms with Gasteiger partial charge in [0, 0.05) is 35.2 Å². The molecule has 1 aliphatic rings. The van der Waals surface area contributed by atoms with Crippen molar-refractivity contribution in [1.29, 1.82) is 0 Å². The summed E-state index contributed by atoms with van der Waals surface area (Å²) in [5.41, 5.74) is 3.78. The molecule has 5 nitrogen and oxygen atoms in total. The van der Waals surface area contributed by atoms with E-state index in [4.69, 9.17) is 4.74 Å². The Hall–Kier alpha value is -2.69. The smallest absolute Gasteiger partial charge is 0.323 e.